The molecular weight excluding hydrogens is 433 g/mol. The number of carbonyl (C=O) groups excluding carboxylic acids is 1. The number of anilines is 1. The standard InChI is InChI=1S/C24H27ClFN3O3/c25-17-6-4-16(5-7-17)24(32)9-8-18-12-27(10-11-28(18)15-24)23(31)20-2-1-3-21(22(20)26)29-13-19(30)14-29/h1-7,18-19,30,32H,8-15H2/t18-,24-/m1/s1. The summed E-state index contributed by atoms with van der Waals surface area (Å²) >= 11 is 5.99. The molecule has 1 amide bonds. The molecule has 0 radical (unpaired) electrons. The van der Waals surface area contributed by atoms with Crippen molar-refractivity contribution < 1.29 is 19.4 Å². The molecule has 32 heavy (non-hydrogen) atoms. The van der Waals surface area contributed by atoms with Crippen LogP contribution in [0.5, 0.6) is 0 Å². The minimum absolute atomic E-state index is 0.0748. The SMILES string of the molecule is O=C(c1cccc(N2CC(O)C2)c1F)N1CCN2C[C@@](O)(c3ccc(Cl)cc3)CC[C@@H]2C1. The third kappa shape index (κ3) is 3.88. The molecule has 3 aliphatic rings. The van der Waals surface area contributed by atoms with E-state index in [1.54, 1.807) is 34.1 Å². The fourth-order valence-corrected chi connectivity index (χ4v) is 5.25. The Bertz CT molecular complexity index is 1010. The summed E-state index contributed by atoms with van der Waals surface area (Å²) in [5.41, 5.74) is 0.361. The molecule has 2 N–H and O–H groups in total. The third-order valence-corrected chi connectivity index (χ3v) is 7.29. The van der Waals surface area contributed by atoms with Crippen molar-refractivity contribution in [3.05, 3.63) is 64.4 Å². The molecule has 170 valence electrons. The molecule has 3 heterocycles. The highest BCUT2D eigenvalue weighted by Gasteiger charge is 2.42. The zero-order chi connectivity index (χ0) is 22.5. The Morgan fingerprint density at radius 1 is 1.09 bits per heavy atom. The normalized spacial score (nSPS) is 26.6. The Morgan fingerprint density at radius 2 is 1.84 bits per heavy atom. The third-order valence-electron chi connectivity index (χ3n) is 7.04. The number of piperazine rings is 1. The smallest absolute Gasteiger partial charge is 0.257 e. The highest BCUT2D eigenvalue weighted by molar-refractivity contribution is 6.30. The summed E-state index contributed by atoms with van der Waals surface area (Å²) in [6, 6.07) is 12.3. The predicted molar refractivity (Wildman–Crippen MR) is 120 cm³/mol. The van der Waals surface area contributed by atoms with E-state index in [9.17, 15) is 15.0 Å². The van der Waals surface area contributed by atoms with Crippen molar-refractivity contribution in [3.8, 4) is 0 Å². The number of hydrogen-bond acceptors (Lipinski definition) is 5. The van der Waals surface area contributed by atoms with Gasteiger partial charge >= 0.3 is 0 Å². The predicted octanol–water partition coefficient (Wildman–Crippen LogP) is 2.47. The molecular formula is C24H27ClFN3O3. The lowest BCUT2D eigenvalue weighted by molar-refractivity contribution is -0.0740. The van der Waals surface area contributed by atoms with Crippen LogP contribution in [-0.2, 0) is 5.60 Å². The number of fused-ring (bicyclic) bond motifs is 1. The average molecular weight is 460 g/mol. The van der Waals surface area contributed by atoms with Gasteiger partial charge in [-0.05, 0) is 42.7 Å². The zero-order valence-electron chi connectivity index (χ0n) is 17.8. The second kappa shape index (κ2) is 8.30. The van der Waals surface area contributed by atoms with E-state index in [0.717, 1.165) is 12.0 Å². The number of rotatable bonds is 3. The molecule has 0 unspecified atom stereocenters. The van der Waals surface area contributed by atoms with E-state index in [1.165, 1.54) is 6.07 Å². The molecule has 8 heteroatoms. The number of piperidine rings is 1. The minimum Gasteiger partial charge on any atom is -0.389 e. The first-order valence-electron chi connectivity index (χ1n) is 11.1. The van der Waals surface area contributed by atoms with Gasteiger partial charge in [0.15, 0.2) is 5.82 Å². The van der Waals surface area contributed by atoms with Crippen LogP contribution in [-0.4, -0.2) is 77.3 Å². The summed E-state index contributed by atoms with van der Waals surface area (Å²) in [6.45, 7) is 2.89. The first kappa shape index (κ1) is 21.6. The van der Waals surface area contributed by atoms with Crippen LogP contribution in [0.4, 0.5) is 10.1 Å². The monoisotopic (exact) mass is 459 g/mol. The van der Waals surface area contributed by atoms with Crippen molar-refractivity contribution in [1.82, 2.24) is 9.80 Å². The molecule has 5 rings (SSSR count). The first-order valence-corrected chi connectivity index (χ1v) is 11.5. The Hall–Kier alpha value is -2.19. The fraction of sp³-hybridized carbons (Fsp3) is 0.458. The Balaban J connectivity index is 1.27. The van der Waals surface area contributed by atoms with E-state index in [0.29, 0.717) is 56.4 Å². The lowest BCUT2D eigenvalue weighted by Crippen LogP contribution is -2.60. The van der Waals surface area contributed by atoms with Crippen molar-refractivity contribution >= 4 is 23.2 Å². The quantitative estimate of drug-likeness (QED) is 0.738. The van der Waals surface area contributed by atoms with Crippen LogP contribution in [0.3, 0.4) is 0 Å². The minimum atomic E-state index is -0.935. The van der Waals surface area contributed by atoms with Gasteiger partial charge in [0.05, 0.1) is 17.4 Å². The van der Waals surface area contributed by atoms with Crippen LogP contribution >= 0.6 is 11.6 Å². The van der Waals surface area contributed by atoms with Gasteiger partial charge < -0.3 is 20.0 Å². The van der Waals surface area contributed by atoms with E-state index in [-0.39, 0.29) is 17.5 Å². The van der Waals surface area contributed by atoms with Crippen molar-refractivity contribution in [3.63, 3.8) is 0 Å². The van der Waals surface area contributed by atoms with Gasteiger partial charge in [0.1, 0.15) is 5.60 Å². The van der Waals surface area contributed by atoms with Gasteiger partial charge in [0.25, 0.3) is 5.91 Å². The number of halogens is 2. The summed E-state index contributed by atoms with van der Waals surface area (Å²) in [5.74, 6) is -0.823. The molecule has 0 aromatic heterocycles. The van der Waals surface area contributed by atoms with Crippen molar-refractivity contribution in [2.45, 2.75) is 30.6 Å². The van der Waals surface area contributed by atoms with Gasteiger partial charge in [-0.1, -0.05) is 29.8 Å². The van der Waals surface area contributed by atoms with E-state index in [1.807, 2.05) is 12.1 Å². The fourth-order valence-electron chi connectivity index (χ4n) is 5.13. The van der Waals surface area contributed by atoms with E-state index in [4.69, 9.17) is 11.6 Å². The van der Waals surface area contributed by atoms with Crippen LogP contribution in [0, 0.1) is 5.82 Å². The van der Waals surface area contributed by atoms with E-state index < -0.39 is 17.5 Å². The molecule has 3 aliphatic heterocycles. The molecule has 0 spiro atoms. The van der Waals surface area contributed by atoms with Gasteiger partial charge in [0, 0.05) is 50.3 Å². The molecule has 2 atom stereocenters. The number of aliphatic hydroxyl groups excluding tert-OH is 1. The zero-order valence-corrected chi connectivity index (χ0v) is 18.5. The van der Waals surface area contributed by atoms with Crippen molar-refractivity contribution in [1.29, 1.82) is 0 Å². The number of nitrogens with zero attached hydrogens (tertiary/aromatic N) is 3. The van der Waals surface area contributed by atoms with E-state index in [2.05, 4.69) is 4.90 Å². The molecule has 6 nitrogen and oxygen atoms in total. The van der Waals surface area contributed by atoms with Crippen LogP contribution < -0.4 is 4.90 Å². The highest BCUT2D eigenvalue weighted by Crippen LogP contribution is 2.36. The number of hydrogen-bond donors (Lipinski definition) is 2. The van der Waals surface area contributed by atoms with Crippen molar-refractivity contribution in [2.75, 3.05) is 44.2 Å². The maximum atomic E-state index is 15.1. The Kier molecular flexibility index (Phi) is 5.61. The van der Waals surface area contributed by atoms with Gasteiger partial charge in [-0.3, -0.25) is 9.69 Å². The number of aliphatic hydroxyl groups is 2. The summed E-state index contributed by atoms with van der Waals surface area (Å²) < 4.78 is 15.1. The molecule has 3 saturated heterocycles. The van der Waals surface area contributed by atoms with Gasteiger partial charge in [0.2, 0.25) is 0 Å². The molecule has 3 fully saturated rings. The topological polar surface area (TPSA) is 67.3 Å². The van der Waals surface area contributed by atoms with Gasteiger partial charge in [-0.15, -0.1) is 0 Å². The molecule has 0 bridgehead atoms. The number of carbonyl (C=O) groups is 1. The van der Waals surface area contributed by atoms with Crippen LogP contribution in [0.15, 0.2) is 42.5 Å². The highest BCUT2D eigenvalue weighted by atomic mass is 35.5. The summed E-state index contributed by atoms with van der Waals surface area (Å²) in [6.07, 6.45) is 0.899. The maximum absolute atomic E-state index is 15.1. The number of benzene rings is 2. The summed E-state index contributed by atoms with van der Waals surface area (Å²) in [4.78, 5) is 18.9. The van der Waals surface area contributed by atoms with Gasteiger partial charge in [-0.2, -0.15) is 0 Å². The Labute approximate surface area is 191 Å². The largest absolute Gasteiger partial charge is 0.389 e. The maximum Gasteiger partial charge on any atom is 0.257 e. The van der Waals surface area contributed by atoms with E-state index >= 15 is 4.39 Å². The lowest BCUT2D eigenvalue weighted by Gasteiger charge is -2.49. The second-order valence-corrected chi connectivity index (χ2v) is 9.59. The first-order chi connectivity index (χ1) is 15.3. The van der Waals surface area contributed by atoms with Gasteiger partial charge in [-0.25, -0.2) is 4.39 Å². The van der Waals surface area contributed by atoms with Crippen LogP contribution in [0.1, 0.15) is 28.8 Å². The molecule has 0 saturated carbocycles. The Morgan fingerprint density at radius 3 is 2.56 bits per heavy atom. The molecule has 2 aromatic rings. The summed E-state index contributed by atoms with van der Waals surface area (Å²) in [7, 11) is 0. The summed E-state index contributed by atoms with van der Waals surface area (Å²) in [5, 5.41) is 21.4. The second-order valence-electron chi connectivity index (χ2n) is 9.15. The lowest BCUT2D eigenvalue weighted by atomic mass is 9.82. The average Bonchev–Trinajstić information content (AvgIpc) is 2.77. The molecule has 0 aliphatic carbocycles. The number of amides is 1. The number of β-amino-alcohol motifs (C(OH)–C–C–N with tert-alkyl or cyclic N) is 1. The van der Waals surface area contributed by atoms with Crippen LogP contribution in [0.2, 0.25) is 5.02 Å². The van der Waals surface area contributed by atoms with Crippen LogP contribution in [0.25, 0.3) is 0 Å². The molecule has 2 aromatic carbocycles. The van der Waals surface area contributed by atoms with Crippen molar-refractivity contribution in [2.24, 2.45) is 0 Å².